The maximum atomic E-state index is 12.4. The van der Waals surface area contributed by atoms with Gasteiger partial charge in [-0.2, -0.15) is 0 Å². The molecule has 5 nitrogen and oxygen atoms in total. The van der Waals surface area contributed by atoms with E-state index in [1.165, 1.54) is 4.31 Å². The molecule has 1 atom stereocenters. The van der Waals surface area contributed by atoms with Crippen molar-refractivity contribution in [1.82, 2.24) is 4.31 Å². The summed E-state index contributed by atoms with van der Waals surface area (Å²) >= 11 is 0. The summed E-state index contributed by atoms with van der Waals surface area (Å²) in [5.41, 5.74) is 2.86. The third kappa shape index (κ3) is 4.07. The molecule has 2 aromatic rings. The maximum absolute atomic E-state index is 12.4. The zero-order chi connectivity index (χ0) is 17.7. The lowest BCUT2D eigenvalue weighted by molar-refractivity contribution is 0.504. The second-order valence-electron chi connectivity index (χ2n) is 5.75. The number of anilines is 3. The number of rotatable bonds is 7. The number of hydrogen-bond donors (Lipinski definition) is 1. The molecule has 2 rings (SSSR count). The molecule has 0 aliphatic carbocycles. The summed E-state index contributed by atoms with van der Waals surface area (Å²) in [7, 11) is -0.227. The third-order valence-electron chi connectivity index (χ3n) is 3.98. The van der Waals surface area contributed by atoms with Crippen LogP contribution in [0.5, 0.6) is 0 Å². The van der Waals surface area contributed by atoms with Crippen LogP contribution >= 0.6 is 0 Å². The lowest BCUT2D eigenvalue weighted by atomic mass is 10.2. The molecule has 0 heterocycles. The molecule has 0 aliphatic heterocycles. The Kier molecular flexibility index (Phi) is 5.85. The van der Waals surface area contributed by atoms with Crippen molar-refractivity contribution in [3.05, 3.63) is 54.6 Å². The van der Waals surface area contributed by atoms with Gasteiger partial charge < -0.3 is 10.2 Å². The van der Waals surface area contributed by atoms with Gasteiger partial charge in [-0.15, -0.1) is 0 Å². The molecule has 0 fully saturated rings. The van der Waals surface area contributed by atoms with Crippen LogP contribution in [0.4, 0.5) is 17.1 Å². The smallest absolute Gasteiger partial charge is 0.234 e. The van der Waals surface area contributed by atoms with Gasteiger partial charge in [0.2, 0.25) is 10.0 Å². The number of para-hydroxylation sites is 1. The molecule has 6 heteroatoms. The Balaban J connectivity index is 2.19. The number of nitrogens with one attached hydrogen (secondary N) is 1. The topological polar surface area (TPSA) is 52.7 Å². The number of benzene rings is 2. The number of hydrogen-bond acceptors (Lipinski definition) is 4. The summed E-state index contributed by atoms with van der Waals surface area (Å²) in [4.78, 5) is 1.88. The van der Waals surface area contributed by atoms with Crippen LogP contribution < -0.4 is 10.2 Å². The molecule has 1 N–H and O–H groups in total. The Morgan fingerprint density at radius 2 is 1.50 bits per heavy atom. The van der Waals surface area contributed by atoms with Gasteiger partial charge in [-0.05, 0) is 50.2 Å². The SMILES string of the molecule is CCN(c1ccc(Nc2ccccc2)cc1)C(C)S(=O)(=O)N(C)C. The van der Waals surface area contributed by atoms with Crippen LogP contribution in [0.25, 0.3) is 0 Å². The van der Waals surface area contributed by atoms with E-state index >= 15 is 0 Å². The van der Waals surface area contributed by atoms with E-state index in [-0.39, 0.29) is 0 Å². The maximum Gasteiger partial charge on any atom is 0.234 e. The lowest BCUT2D eigenvalue weighted by Crippen LogP contribution is -2.44. The van der Waals surface area contributed by atoms with Crippen molar-refractivity contribution in [2.24, 2.45) is 0 Å². The Hall–Kier alpha value is -2.05. The van der Waals surface area contributed by atoms with Crippen molar-refractivity contribution in [3.63, 3.8) is 0 Å². The predicted molar refractivity (Wildman–Crippen MR) is 101 cm³/mol. The van der Waals surface area contributed by atoms with E-state index in [0.29, 0.717) is 6.54 Å². The van der Waals surface area contributed by atoms with Gasteiger partial charge in [-0.3, -0.25) is 0 Å². The molecule has 0 saturated heterocycles. The van der Waals surface area contributed by atoms with Crippen molar-refractivity contribution in [1.29, 1.82) is 0 Å². The van der Waals surface area contributed by atoms with Gasteiger partial charge in [-0.25, -0.2) is 12.7 Å². The van der Waals surface area contributed by atoms with Crippen molar-refractivity contribution >= 4 is 27.1 Å². The zero-order valence-corrected chi connectivity index (χ0v) is 15.4. The number of nitrogens with zero attached hydrogens (tertiary/aromatic N) is 2. The Bertz CT molecular complexity index is 744. The van der Waals surface area contributed by atoms with E-state index < -0.39 is 15.4 Å². The van der Waals surface area contributed by atoms with Gasteiger partial charge in [0.05, 0.1) is 0 Å². The fraction of sp³-hybridized carbons (Fsp3) is 0.333. The molecule has 0 aliphatic rings. The number of sulfonamides is 1. The zero-order valence-electron chi connectivity index (χ0n) is 14.6. The monoisotopic (exact) mass is 347 g/mol. The van der Waals surface area contributed by atoms with E-state index in [1.807, 2.05) is 66.4 Å². The van der Waals surface area contributed by atoms with Crippen molar-refractivity contribution in [2.45, 2.75) is 19.2 Å². The molecule has 0 saturated carbocycles. The molecule has 0 aromatic heterocycles. The molecule has 0 amide bonds. The normalized spacial score (nSPS) is 12.9. The average molecular weight is 347 g/mol. The van der Waals surface area contributed by atoms with Gasteiger partial charge in [0.25, 0.3) is 0 Å². The average Bonchev–Trinajstić information content (AvgIpc) is 2.57. The van der Waals surface area contributed by atoms with Gasteiger partial charge >= 0.3 is 0 Å². The van der Waals surface area contributed by atoms with E-state index in [4.69, 9.17) is 0 Å². The van der Waals surface area contributed by atoms with Crippen LogP contribution in [-0.4, -0.2) is 38.7 Å². The summed E-state index contributed by atoms with van der Waals surface area (Å²) in [6.07, 6.45) is 0. The van der Waals surface area contributed by atoms with E-state index in [0.717, 1.165) is 17.1 Å². The predicted octanol–water partition coefficient (Wildman–Crippen LogP) is 3.49. The third-order valence-corrected chi connectivity index (χ3v) is 6.12. The molecular formula is C18H25N3O2S. The Labute approximate surface area is 145 Å². The second kappa shape index (κ2) is 7.68. The van der Waals surface area contributed by atoms with Crippen LogP contribution in [0.1, 0.15) is 13.8 Å². The highest BCUT2D eigenvalue weighted by molar-refractivity contribution is 7.89. The van der Waals surface area contributed by atoms with E-state index in [1.54, 1.807) is 21.0 Å². The van der Waals surface area contributed by atoms with E-state index in [9.17, 15) is 8.42 Å². The molecule has 24 heavy (non-hydrogen) atoms. The minimum Gasteiger partial charge on any atom is -0.356 e. The summed E-state index contributed by atoms with van der Waals surface area (Å²) in [6.45, 7) is 4.28. The van der Waals surface area contributed by atoms with Crippen molar-refractivity contribution in [2.75, 3.05) is 30.9 Å². The van der Waals surface area contributed by atoms with Crippen LogP contribution in [0.2, 0.25) is 0 Å². The summed E-state index contributed by atoms with van der Waals surface area (Å²) in [5, 5.41) is 2.70. The van der Waals surface area contributed by atoms with Gasteiger partial charge in [0.15, 0.2) is 0 Å². The van der Waals surface area contributed by atoms with Gasteiger partial charge in [0.1, 0.15) is 5.37 Å². The highest BCUT2D eigenvalue weighted by atomic mass is 32.2. The first-order chi connectivity index (χ1) is 11.4. The fourth-order valence-corrected chi connectivity index (χ4v) is 3.74. The Morgan fingerprint density at radius 1 is 0.958 bits per heavy atom. The Morgan fingerprint density at radius 3 is 2.00 bits per heavy atom. The van der Waals surface area contributed by atoms with Crippen LogP contribution in [0.15, 0.2) is 54.6 Å². The minimum absolute atomic E-state index is 0.611. The van der Waals surface area contributed by atoms with E-state index in [2.05, 4.69) is 5.32 Å². The van der Waals surface area contributed by atoms with Gasteiger partial charge in [0, 0.05) is 37.7 Å². The first kappa shape index (κ1) is 18.3. The molecule has 2 aromatic carbocycles. The molecule has 0 spiro atoms. The summed E-state index contributed by atoms with van der Waals surface area (Å²) < 4.78 is 26.0. The van der Waals surface area contributed by atoms with Crippen LogP contribution in [-0.2, 0) is 10.0 Å². The quantitative estimate of drug-likeness (QED) is 0.833. The minimum atomic E-state index is -3.35. The second-order valence-corrected chi connectivity index (χ2v) is 8.19. The fourth-order valence-electron chi connectivity index (χ4n) is 2.54. The molecule has 0 bridgehead atoms. The molecule has 0 radical (unpaired) electrons. The van der Waals surface area contributed by atoms with Crippen molar-refractivity contribution < 1.29 is 8.42 Å². The highest BCUT2D eigenvalue weighted by Gasteiger charge is 2.28. The van der Waals surface area contributed by atoms with Crippen LogP contribution in [0, 0.1) is 0 Å². The molecular weight excluding hydrogens is 322 g/mol. The lowest BCUT2D eigenvalue weighted by Gasteiger charge is -2.31. The standard InChI is InChI=1S/C18H25N3O2S/c1-5-21(15(2)24(22,23)20(3)4)18-13-11-17(12-14-18)19-16-9-7-6-8-10-16/h6-15,19H,5H2,1-4H3. The van der Waals surface area contributed by atoms with Crippen LogP contribution in [0.3, 0.4) is 0 Å². The first-order valence-electron chi connectivity index (χ1n) is 7.96. The highest BCUT2D eigenvalue weighted by Crippen LogP contribution is 2.24. The van der Waals surface area contributed by atoms with Gasteiger partial charge in [-0.1, -0.05) is 18.2 Å². The summed E-state index contributed by atoms with van der Waals surface area (Å²) in [5.74, 6) is 0. The molecule has 1 unspecified atom stereocenters. The molecule has 130 valence electrons. The largest absolute Gasteiger partial charge is 0.356 e. The first-order valence-corrected chi connectivity index (χ1v) is 9.46. The van der Waals surface area contributed by atoms with Crippen molar-refractivity contribution in [3.8, 4) is 0 Å². The summed E-state index contributed by atoms with van der Waals surface area (Å²) in [6, 6.07) is 17.7.